The molecule has 0 heterocycles. The standard InChI is InChI=1S/C20H20N2O3/c1-14-4-6-15(7-5-14)10-17(12-21)20(23)22-13-16-8-9-18(24-2)11-19(16)25-3/h4-11H,13H2,1-3H3,(H,22,23)/b17-10+. The molecule has 1 N–H and O–H groups in total. The van der Waals surface area contributed by atoms with Crippen molar-refractivity contribution in [3.8, 4) is 17.6 Å². The van der Waals surface area contributed by atoms with Crippen LogP contribution in [0.1, 0.15) is 16.7 Å². The zero-order valence-electron chi connectivity index (χ0n) is 14.5. The van der Waals surface area contributed by atoms with Crippen molar-refractivity contribution in [2.45, 2.75) is 13.5 Å². The van der Waals surface area contributed by atoms with Gasteiger partial charge in [0.1, 0.15) is 23.1 Å². The van der Waals surface area contributed by atoms with Crippen molar-refractivity contribution >= 4 is 12.0 Å². The Hall–Kier alpha value is -3.26. The van der Waals surface area contributed by atoms with Crippen molar-refractivity contribution in [3.05, 3.63) is 64.7 Å². The third-order valence-electron chi connectivity index (χ3n) is 3.69. The lowest BCUT2D eigenvalue weighted by molar-refractivity contribution is -0.117. The van der Waals surface area contributed by atoms with E-state index in [1.807, 2.05) is 43.3 Å². The molecule has 2 rings (SSSR count). The summed E-state index contributed by atoms with van der Waals surface area (Å²) in [6, 6.07) is 14.9. The Morgan fingerprint density at radius 3 is 2.48 bits per heavy atom. The number of methoxy groups -OCH3 is 2. The number of nitriles is 1. The van der Waals surface area contributed by atoms with E-state index in [2.05, 4.69) is 5.32 Å². The van der Waals surface area contributed by atoms with E-state index in [-0.39, 0.29) is 12.1 Å². The predicted molar refractivity (Wildman–Crippen MR) is 96.2 cm³/mol. The number of aryl methyl sites for hydroxylation is 1. The van der Waals surface area contributed by atoms with Crippen LogP contribution in [0, 0.1) is 18.3 Å². The molecule has 1 amide bonds. The number of rotatable bonds is 6. The Morgan fingerprint density at radius 2 is 1.88 bits per heavy atom. The molecule has 2 aromatic carbocycles. The number of carbonyl (C=O) groups excluding carboxylic acids is 1. The Kier molecular flexibility index (Phi) is 6.19. The molecule has 2 aromatic rings. The number of ether oxygens (including phenoxy) is 2. The molecule has 0 saturated carbocycles. The minimum atomic E-state index is -0.430. The molecule has 0 unspecified atom stereocenters. The smallest absolute Gasteiger partial charge is 0.262 e. The van der Waals surface area contributed by atoms with Crippen LogP contribution in [-0.2, 0) is 11.3 Å². The highest BCUT2D eigenvalue weighted by atomic mass is 16.5. The molecule has 5 nitrogen and oxygen atoms in total. The van der Waals surface area contributed by atoms with E-state index in [1.165, 1.54) is 0 Å². The van der Waals surface area contributed by atoms with Gasteiger partial charge in [-0.25, -0.2) is 0 Å². The molecule has 128 valence electrons. The van der Waals surface area contributed by atoms with E-state index in [9.17, 15) is 10.1 Å². The maximum absolute atomic E-state index is 12.3. The lowest BCUT2D eigenvalue weighted by Crippen LogP contribution is -2.24. The van der Waals surface area contributed by atoms with E-state index < -0.39 is 5.91 Å². The number of hydrogen-bond acceptors (Lipinski definition) is 4. The first kappa shape index (κ1) is 18.1. The average Bonchev–Trinajstić information content (AvgIpc) is 2.65. The highest BCUT2D eigenvalue weighted by Crippen LogP contribution is 2.24. The normalized spacial score (nSPS) is 10.7. The third kappa shape index (κ3) is 4.85. The van der Waals surface area contributed by atoms with Crippen LogP contribution in [-0.4, -0.2) is 20.1 Å². The zero-order valence-corrected chi connectivity index (χ0v) is 14.5. The molecule has 0 fully saturated rings. The molecule has 0 bridgehead atoms. The van der Waals surface area contributed by atoms with Crippen LogP contribution in [0.4, 0.5) is 0 Å². The first-order valence-electron chi connectivity index (χ1n) is 7.75. The van der Waals surface area contributed by atoms with Gasteiger partial charge in [-0.05, 0) is 30.7 Å². The van der Waals surface area contributed by atoms with Gasteiger partial charge in [-0.15, -0.1) is 0 Å². The Labute approximate surface area is 147 Å². The monoisotopic (exact) mass is 336 g/mol. The minimum Gasteiger partial charge on any atom is -0.497 e. The van der Waals surface area contributed by atoms with Crippen LogP contribution in [0.5, 0.6) is 11.5 Å². The molecular formula is C20H20N2O3. The number of benzene rings is 2. The Morgan fingerprint density at radius 1 is 1.16 bits per heavy atom. The van der Waals surface area contributed by atoms with Gasteiger partial charge < -0.3 is 14.8 Å². The van der Waals surface area contributed by atoms with E-state index in [1.54, 1.807) is 32.4 Å². The van der Waals surface area contributed by atoms with Gasteiger partial charge >= 0.3 is 0 Å². The first-order chi connectivity index (χ1) is 12.1. The van der Waals surface area contributed by atoms with E-state index >= 15 is 0 Å². The lowest BCUT2D eigenvalue weighted by Gasteiger charge is -2.11. The van der Waals surface area contributed by atoms with E-state index in [4.69, 9.17) is 9.47 Å². The second-order valence-electron chi connectivity index (χ2n) is 5.44. The maximum atomic E-state index is 12.3. The van der Waals surface area contributed by atoms with Gasteiger partial charge in [0.05, 0.1) is 14.2 Å². The van der Waals surface area contributed by atoms with Crippen LogP contribution in [0.25, 0.3) is 6.08 Å². The maximum Gasteiger partial charge on any atom is 0.262 e. The number of hydrogen-bond donors (Lipinski definition) is 1. The summed E-state index contributed by atoms with van der Waals surface area (Å²) >= 11 is 0. The van der Waals surface area contributed by atoms with Crippen molar-refractivity contribution in [1.82, 2.24) is 5.32 Å². The Bertz CT molecular complexity index is 818. The van der Waals surface area contributed by atoms with Gasteiger partial charge in [0.2, 0.25) is 0 Å². The summed E-state index contributed by atoms with van der Waals surface area (Å²) < 4.78 is 10.5. The van der Waals surface area contributed by atoms with Crippen molar-refractivity contribution in [2.24, 2.45) is 0 Å². The highest BCUT2D eigenvalue weighted by Gasteiger charge is 2.11. The summed E-state index contributed by atoms with van der Waals surface area (Å²) in [6.45, 7) is 2.23. The van der Waals surface area contributed by atoms with Gasteiger partial charge in [0.25, 0.3) is 5.91 Å². The van der Waals surface area contributed by atoms with E-state index in [0.717, 1.165) is 16.7 Å². The second-order valence-corrected chi connectivity index (χ2v) is 5.44. The highest BCUT2D eigenvalue weighted by molar-refractivity contribution is 6.01. The average molecular weight is 336 g/mol. The van der Waals surface area contributed by atoms with Crippen LogP contribution >= 0.6 is 0 Å². The van der Waals surface area contributed by atoms with Crippen LogP contribution in [0.15, 0.2) is 48.0 Å². The van der Waals surface area contributed by atoms with Crippen LogP contribution in [0.3, 0.4) is 0 Å². The molecule has 0 aromatic heterocycles. The van der Waals surface area contributed by atoms with Crippen LogP contribution in [0.2, 0.25) is 0 Å². The van der Waals surface area contributed by atoms with Gasteiger partial charge in [-0.1, -0.05) is 29.8 Å². The quantitative estimate of drug-likeness (QED) is 0.649. The van der Waals surface area contributed by atoms with Crippen molar-refractivity contribution < 1.29 is 14.3 Å². The topological polar surface area (TPSA) is 71.3 Å². The number of carbonyl (C=O) groups is 1. The Balaban J connectivity index is 2.10. The largest absolute Gasteiger partial charge is 0.497 e. The predicted octanol–water partition coefficient (Wildman–Crippen LogP) is 3.24. The number of nitrogens with one attached hydrogen (secondary N) is 1. The molecular weight excluding hydrogens is 316 g/mol. The molecule has 5 heteroatoms. The minimum absolute atomic E-state index is 0.0522. The summed E-state index contributed by atoms with van der Waals surface area (Å²) in [5.74, 6) is 0.852. The number of nitrogens with zero attached hydrogens (tertiary/aromatic N) is 1. The summed E-state index contributed by atoms with van der Waals surface area (Å²) in [4.78, 5) is 12.3. The van der Waals surface area contributed by atoms with Crippen molar-refractivity contribution in [2.75, 3.05) is 14.2 Å². The van der Waals surface area contributed by atoms with Gasteiger partial charge in [-0.2, -0.15) is 5.26 Å². The lowest BCUT2D eigenvalue weighted by atomic mass is 10.1. The summed E-state index contributed by atoms with van der Waals surface area (Å²) in [6.07, 6.45) is 1.57. The fraction of sp³-hybridized carbons (Fsp3) is 0.200. The summed E-state index contributed by atoms with van der Waals surface area (Å²) in [7, 11) is 3.13. The SMILES string of the molecule is COc1ccc(CNC(=O)/C(C#N)=C/c2ccc(C)cc2)c(OC)c1. The molecule has 0 radical (unpaired) electrons. The van der Waals surface area contributed by atoms with Crippen molar-refractivity contribution in [3.63, 3.8) is 0 Å². The summed E-state index contributed by atoms with van der Waals surface area (Å²) in [5.41, 5.74) is 2.77. The molecule has 0 aliphatic carbocycles. The van der Waals surface area contributed by atoms with Gasteiger partial charge in [-0.3, -0.25) is 4.79 Å². The van der Waals surface area contributed by atoms with Gasteiger partial charge in [0.15, 0.2) is 0 Å². The van der Waals surface area contributed by atoms with Gasteiger partial charge in [0, 0.05) is 18.2 Å². The first-order valence-corrected chi connectivity index (χ1v) is 7.75. The van der Waals surface area contributed by atoms with Crippen molar-refractivity contribution in [1.29, 1.82) is 5.26 Å². The van der Waals surface area contributed by atoms with Crippen LogP contribution < -0.4 is 14.8 Å². The molecule has 25 heavy (non-hydrogen) atoms. The summed E-state index contributed by atoms with van der Waals surface area (Å²) in [5, 5.41) is 12.0. The number of amides is 1. The fourth-order valence-electron chi connectivity index (χ4n) is 2.25. The molecule has 0 aliphatic heterocycles. The third-order valence-corrected chi connectivity index (χ3v) is 3.69. The molecule has 0 atom stereocenters. The van der Waals surface area contributed by atoms with E-state index in [0.29, 0.717) is 11.5 Å². The zero-order chi connectivity index (χ0) is 18.2. The molecule has 0 spiro atoms. The fourth-order valence-corrected chi connectivity index (χ4v) is 2.25. The molecule has 0 aliphatic rings. The second kappa shape index (κ2) is 8.55. The molecule has 0 saturated heterocycles.